The van der Waals surface area contributed by atoms with Crippen LogP contribution in [0.3, 0.4) is 0 Å². The predicted octanol–water partition coefficient (Wildman–Crippen LogP) is 1.27. The Morgan fingerprint density at radius 2 is 2.40 bits per heavy atom. The fraction of sp³-hybridized carbons (Fsp3) is 0.400. The Morgan fingerprint density at radius 1 is 1.67 bits per heavy atom. The minimum Gasteiger partial charge on any atom is -0.480 e. The molecule has 1 aliphatic rings. The number of carboxylic acids is 1. The molecule has 0 aromatic carbocycles. The SMILES string of the molecule is O=C(O)CN(c1ncccc1F)C1CC1. The first-order chi connectivity index (χ1) is 7.18. The van der Waals surface area contributed by atoms with Gasteiger partial charge in [0.25, 0.3) is 0 Å². The van der Waals surface area contributed by atoms with Crippen LogP contribution in [0, 0.1) is 5.82 Å². The van der Waals surface area contributed by atoms with Gasteiger partial charge in [-0.25, -0.2) is 9.37 Å². The average molecular weight is 210 g/mol. The average Bonchev–Trinajstić information content (AvgIpc) is 2.98. The molecule has 2 rings (SSSR count). The van der Waals surface area contributed by atoms with E-state index in [2.05, 4.69) is 4.98 Å². The highest BCUT2D eigenvalue weighted by Crippen LogP contribution is 2.31. The summed E-state index contributed by atoms with van der Waals surface area (Å²) in [5, 5.41) is 8.72. The molecule has 1 N–H and O–H groups in total. The van der Waals surface area contributed by atoms with Gasteiger partial charge in [0, 0.05) is 12.2 Å². The van der Waals surface area contributed by atoms with Crippen LogP contribution in [0.1, 0.15) is 12.8 Å². The van der Waals surface area contributed by atoms with Gasteiger partial charge in [-0.1, -0.05) is 0 Å². The van der Waals surface area contributed by atoms with Gasteiger partial charge in [-0.05, 0) is 25.0 Å². The summed E-state index contributed by atoms with van der Waals surface area (Å²) >= 11 is 0. The molecule has 1 aliphatic carbocycles. The van der Waals surface area contributed by atoms with Crippen LogP contribution in [-0.2, 0) is 4.79 Å². The molecule has 1 saturated carbocycles. The second-order valence-electron chi connectivity index (χ2n) is 3.56. The molecule has 1 fully saturated rings. The normalized spacial score (nSPS) is 15.0. The van der Waals surface area contributed by atoms with Gasteiger partial charge in [-0.3, -0.25) is 4.79 Å². The van der Waals surface area contributed by atoms with Crippen LogP contribution >= 0.6 is 0 Å². The van der Waals surface area contributed by atoms with Crippen LogP contribution in [0.4, 0.5) is 10.2 Å². The van der Waals surface area contributed by atoms with E-state index < -0.39 is 11.8 Å². The minimum atomic E-state index is -0.966. The first-order valence-corrected chi connectivity index (χ1v) is 4.77. The molecule has 0 atom stereocenters. The van der Waals surface area contributed by atoms with Crippen molar-refractivity contribution in [1.82, 2.24) is 4.98 Å². The van der Waals surface area contributed by atoms with Gasteiger partial charge >= 0.3 is 5.97 Å². The predicted molar refractivity (Wildman–Crippen MR) is 52.2 cm³/mol. The molecular weight excluding hydrogens is 199 g/mol. The van der Waals surface area contributed by atoms with E-state index in [1.165, 1.54) is 23.2 Å². The Morgan fingerprint density at radius 3 is 2.93 bits per heavy atom. The van der Waals surface area contributed by atoms with Gasteiger partial charge in [0.2, 0.25) is 0 Å². The lowest BCUT2D eigenvalue weighted by atomic mass is 10.3. The van der Waals surface area contributed by atoms with Crippen molar-refractivity contribution < 1.29 is 14.3 Å². The van der Waals surface area contributed by atoms with Crippen LogP contribution in [-0.4, -0.2) is 28.6 Å². The number of anilines is 1. The van der Waals surface area contributed by atoms with E-state index in [1.807, 2.05) is 0 Å². The summed E-state index contributed by atoms with van der Waals surface area (Å²) in [5.74, 6) is -1.29. The summed E-state index contributed by atoms with van der Waals surface area (Å²) in [6.07, 6.45) is 3.28. The maximum Gasteiger partial charge on any atom is 0.323 e. The van der Waals surface area contributed by atoms with Crippen LogP contribution < -0.4 is 4.90 Å². The van der Waals surface area contributed by atoms with E-state index in [0.717, 1.165) is 12.8 Å². The molecule has 4 nitrogen and oxygen atoms in total. The van der Waals surface area contributed by atoms with Crippen molar-refractivity contribution in [3.05, 3.63) is 24.1 Å². The Balaban J connectivity index is 2.24. The van der Waals surface area contributed by atoms with E-state index >= 15 is 0 Å². The lowest BCUT2D eigenvalue weighted by Crippen LogP contribution is -2.33. The lowest BCUT2D eigenvalue weighted by Gasteiger charge is -2.21. The third-order valence-electron chi connectivity index (χ3n) is 2.30. The van der Waals surface area contributed by atoms with E-state index in [4.69, 9.17) is 5.11 Å². The van der Waals surface area contributed by atoms with Crippen molar-refractivity contribution in [2.75, 3.05) is 11.4 Å². The third kappa shape index (κ3) is 2.23. The standard InChI is InChI=1S/C10H11FN2O2/c11-8-2-1-5-12-10(8)13(6-9(14)15)7-3-4-7/h1-2,5,7H,3-4,6H2,(H,14,15). The van der Waals surface area contributed by atoms with Crippen LogP contribution in [0.5, 0.6) is 0 Å². The topological polar surface area (TPSA) is 53.4 Å². The maximum absolute atomic E-state index is 13.4. The van der Waals surface area contributed by atoms with Crippen LogP contribution in [0.15, 0.2) is 18.3 Å². The highest BCUT2D eigenvalue weighted by Gasteiger charge is 2.32. The summed E-state index contributed by atoms with van der Waals surface area (Å²) in [7, 11) is 0. The Labute approximate surface area is 86.4 Å². The quantitative estimate of drug-likeness (QED) is 0.813. The molecular formula is C10H11FN2O2. The highest BCUT2D eigenvalue weighted by atomic mass is 19.1. The van der Waals surface area contributed by atoms with Gasteiger partial charge < -0.3 is 10.0 Å². The molecule has 0 radical (unpaired) electrons. The number of carboxylic acid groups (broad SMARTS) is 1. The number of hydrogen-bond donors (Lipinski definition) is 1. The number of carbonyl (C=O) groups is 1. The summed E-state index contributed by atoms with van der Waals surface area (Å²) in [4.78, 5) is 16.0. The number of rotatable bonds is 4. The molecule has 0 spiro atoms. The van der Waals surface area contributed by atoms with E-state index in [-0.39, 0.29) is 18.4 Å². The number of pyridine rings is 1. The second kappa shape index (κ2) is 3.84. The number of halogens is 1. The summed E-state index contributed by atoms with van der Waals surface area (Å²) in [6.45, 7) is -0.196. The Bertz CT molecular complexity index is 379. The third-order valence-corrected chi connectivity index (χ3v) is 2.30. The summed E-state index contributed by atoms with van der Waals surface area (Å²) < 4.78 is 13.4. The zero-order valence-electron chi connectivity index (χ0n) is 8.06. The number of hydrogen-bond acceptors (Lipinski definition) is 3. The molecule has 0 unspecified atom stereocenters. The van der Waals surface area contributed by atoms with Crippen LogP contribution in [0.2, 0.25) is 0 Å². The Hall–Kier alpha value is -1.65. The maximum atomic E-state index is 13.4. The summed E-state index contributed by atoms with van der Waals surface area (Å²) in [5.41, 5.74) is 0. The van der Waals surface area contributed by atoms with Crippen molar-refractivity contribution >= 4 is 11.8 Å². The molecule has 0 bridgehead atoms. The summed E-state index contributed by atoms with van der Waals surface area (Å²) in [6, 6.07) is 2.91. The number of aliphatic carboxylic acids is 1. The molecule has 0 saturated heterocycles. The molecule has 0 aliphatic heterocycles. The second-order valence-corrected chi connectivity index (χ2v) is 3.56. The van der Waals surface area contributed by atoms with Crippen molar-refractivity contribution in [3.63, 3.8) is 0 Å². The lowest BCUT2D eigenvalue weighted by molar-refractivity contribution is -0.135. The van der Waals surface area contributed by atoms with Gasteiger partial charge in [0.1, 0.15) is 6.54 Å². The van der Waals surface area contributed by atoms with Gasteiger partial charge in [0.05, 0.1) is 0 Å². The first-order valence-electron chi connectivity index (χ1n) is 4.77. The number of nitrogens with zero attached hydrogens (tertiary/aromatic N) is 2. The molecule has 1 aromatic rings. The molecule has 5 heteroatoms. The van der Waals surface area contributed by atoms with Gasteiger partial charge in [0.15, 0.2) is 11.6 Å². The highest BCUT2D eigenvalue weighted by molar-refractivity contribution is 5.73. The molecule has 80 valence electrons. The molecule has 1 heterocycles. The van der Waals surface area contributed by atoms with Crippen molar-refractivity contribution in [2.45, 2.75) is 18.9 Å². The van der Waals surface area contributed by atoms with Crippen molar-refractivity contribution in [1.29, 1.82) is 0 Å². The van der Waals surface area contributed by atoms with Crippen molar-refractivity contribution in [2.24, 2.45) is 0 Å². The van der Waals surface area contributed by atoms with E-state index in [1.54, 1.807) is 0 Å². The molecule has 15 heavy (non-hydrogen) atoms. The first kappa shape index (κ1) is 9.89. The monoisotopic (exact) mass is 210 g/mol. The molecule has 0 amide bonds. The Kier molecular flexibility index (Phi) is 2.53. The van der Waals surface area contributed by atoms with E-state index in [9.17, 15) is 9.18 Å². The number of aromatic nitrogens is 1. The minimum absolute atomic E-state index is 0.130. The zero-order chi connectivity index (χ0) is 10.8. The molecule has 1 aromatic heterocycles. The van der Waals surface area contributed by atoms with Crippen LogP contribution in [0.25, 0.3) is 0 Å². The van der Waals surface area contributed by atoms with Gasteiger partial charge in [-0.2, -0.15) is 0 Å². The largest absolute Gasteiger partial charge is 0.480 e. The zero-order valence-corrected chi connectivity index (χ0v) is 8.06. The smallest absolute Gasteiger partial charge is 0.323 e. The van der Waals surface area contributed by atoms with Gasteiger partial charge in [-0.15, -0.1) is 0 Å². The fourth-order valence-electron chi connectivity index (χ4n) is 1.50. The van der Waals surface area contributed by atoms with E-state index in [0.29, 0.717) is 0 Å². The fourth-order valence-corrected chi connectivity index (χ4v) is 1.50. The van der Waals surface area contributed by atoms with Crippen molar-refractivity contribution in [3.8, 4) is 0 Å².